The molecule has 2 aliphatic rings. The van der Waals surface area contributed by atoms with Gasteiger partial charge in [-0.3, -0.25) is 9.59 Å². The van der Waals surface area contributed by atoms with Gasteiger partial charge in [0.25, 0.3) is 0 Å². The third-order valence-electron chi connectivity index (χ3n) is 5.62. The van der Waals surface area contributed by atoms with Crippen molar-refractivity contribution in [2.75, 3.05) is 11.9 Å². The maximum atomic E-state index is 12.6. The molecule has 0 atom stereocenters. The van der Waals surface area contributed by atoms with Crippen molar-refractivity contribution in [2.24, 2.45) is 11.8 Å². The first-order valence-corrected chi connectivity index (χ1v) is 10.0. The summed E-state index contributed by atoms with van der Waals surface area (Å²) in [5.74, 6) is 0.966. The molecule has 142 valence electrons. The van der Waals surface area contributed by atoms with Crippen LogP contribution in [0.2, 0.25) is 0 Å². The van der Waals surface area contributed by atoms with Gasteiger partial charge in [0.05, 0.1) is 12.3 Å². The second-order valence-corrected chi connectivity index (χ2v) is 7.46. The van der Waals surface area contributed by atoms with E-state index in [4.69, 9.17) is 4.74 Å². The van der Waals surface area contributed by atoms with Crippen molar-refractivity contribution in [2.45, 2.75) is 64.3 Å². The molecule has 5 nitrogen and oxygen atoms in total. The van der Waals surface area contributed by atoms with Crippen LogP contribution in [0.25, 0.3) is 0 Å². The second kappa shape index (κ2) is 9.06. The molecule has 0 heterocycles. The van der Waals surface area contributed by atoms with Gasteiger partial charge in [-0.1, -0.05) is 25.0 Å². The molecule has 2 amide bonds. The first-order valence-electron chi connectivity index (χ1n) is 10.0. The van der Waals surface area contributed by atoms with Crippen molar-refractivity contribution in [1.29, 1.82) is 0 Å². The Hall–Kier alpha value is -2.04. The molecule has 0 aliphatic heterocycles. The largest absolute Gasteiger partial charge is 0.492 e. The molecule has 26 heavy (non-hydrogen) atoms. The molecule has 0 bridgehead atoms. The highest BCUT2D eigenvalue weighted by Gasteiger charge is 2.31. The number of hydrogen-bond donors (Lipinski definition) is 2. The number of carbonyl (C=O) groups excluding carboxylic acids is 2. The zero-order valence-corrected chi connectivity index (χ0v) is 15.6. The Balaban J connectivity index is 1.48. The molecular weight excluding hydrogens is 328 g/mol. The van der Waals surface area contributed by atoms with Gasteiger partial charge in [-0.05, 0) is 57.6 Å². The summed E-state index contributed by atoms with van der Waals surface area (Å²) in [6.45, 7) is 2.49. The van der Waals surface area contributed by atoms with Crippen LogP contribution in [0, 0.1) is 11.8 Å². The Morgan fingerprint density at radius 3 is 2.23 bits per heavy atom. The Morgan fingerprint density at radius 1 is 0.962 bits per heavy atom. The van der Waals surface area contributed by atoms with Gasteiger partial charge in [0.2, 0.25) is 11.8 Å². The van der Waals surface area contributed by atoms with Gasteiger partial charge in [0, 0.05) is 17.9 Å². The van der Waals surface area contributed by atoms with Gasteiger partial charge in [-0.25, -0.2) is 0 Å². The molecule has 2 fully saturated rings. The molecule has 1 aromatic rings. The topological polar surface area (TPSA) is 67.4 Å². The normalized spacial score (nSPS) is 23.4. The summed E-state index contributed by atoms with van der Waals surface area (Å²) < 4.78 is 5.57. The first-order chi connectivity index (χ1) is 12.7. The van der Waals surface area contributed by atoms with Crippen LogP contribution in [-0.4, -0.2) is 24.5 Å². The zero-order valence-electron chi connectivity index (χ0n) is 15.6. The number of benzene rings is 1. The second-order valence-electron chi connectivity index (χ2n) is 7.46. The number of hydrogen-bond acceptors (Lipinski definition) is 3. The van der Waals surface area contributed by atoms with Crippen molar-refractivity contribution in [3.63, 3.8) is 0 Å². The highest BCUT2D eigenvalue weighted by Crippen LogP contribution is 2.32. The number of carbonyl (C=O) groups is 2. The van der Waals surface area contributed by atoms with Crippen LogP contribution in [-0.2, 0) is 9.59 Å². The van der Waals surface area contributed by atoms with Crippen LogP contribution in [0.1, 0.15) is 58.3 Å². The molecule has 0 aromatic heterocycles. The summed E-state index contributed by atoms with van der Waals surface area (Å²) in [4.78, 5) is 25.0. The van der Waals surface area contributed by atoms with E-state index in [1.807, 2.05) is 31.2 Å². The third-order valence-corrected chi connectivity index (χ3v) is 5.62. The van der Waals surface area contributed by atoms with E-state index in [2.05, 4.69) is 10.6 Å². The lowest BCUT2D eigenvalue weighted by Gasteiger charge is -2.28. The summed E-state index contributed by atoms with van der Waals surface area (Å²) in [6, 6.07) is 7.89. The lowest BCUT2D eigenvalue weighted by Crippen LogP contribution is -2.39. The van der Waals surface area contributed by atoms with Gasteiger partial charge in [-0.15, -0.1) is 0 Å². The Morgan fingerprint density at radius 2 is 1.58 bits per heavy atom. The fourth-order valence-corrected chi connectivity index (χ4v) is 4.09. The quantitative estimate of drug-likeness (QED) is 0.811. The lowest BCUT2D eigenvalue weighted by molar-refractivity contribution is -0.129. The molecule has 2 N–H and O–H groups in total. The van der Waals surface area contributed by atoms with E-state index in [1.165, 1.54) is 12.8 Å². The summed E-state index contributed by atoms with van der Waals surface area (Å²) in [5, 5.41) is 6.20. The summed E-state index contributed by atoms with van der Waals surface area (Å²) in [7, 11) is 0. The van der Waals surface area contributed by atoms with E-state index in [9.17, 15) is 9.59 Å². The maximum absolute atomic E-state index is 12.6. The highest BCUT2D eigenvalue weighted by molar-refractivity contribution is 5.94. The number of amides is 2. The first kappa shape index (κ1) is 18.7. The van der Waals surface area contributed by atoms with Crippen LogP contribution >= 0.6 is 0 Å². The molecule has 3 rings (SSSR count). The maximum Gasteiger partial charge on any atom is 0.227 e. The molecule has 0 spiro atoms. The van der Waals surface area contributed by atoms with E-state index < -0.39 is 0 Å². The standard InChI is InChI=1S/C21H30N2O3/c1-2-26-19-10-6-5-9-18(19)23-21(25)16-13-11-15(12-14-16)20(24)22-17-7-3-4-8-17/h5-6,9-10,15-17H,2-4,7-8,11-14H2,1H3,(H,22,24)(H,23,25). The van der Waals surface area contributed by atoms with Crippen LogP contribution < -0.4 is 15.4 Å². The average Bonchev–Trinajstić information content (AvgIpc) is 3.16. The van der Waals surface area contributed by atoms with Crippen molar-refractivity contribution < 1.29 is 14.3 Å². The van der Waals surface area contributed by atoms with Crippen molar-refractivity contribution in [3.05, 3.63) is 24.3 Å². The van der Waals surface area contributed by atoms with Crippen molar-refractivity contribution >= 4 is 17.5 Å². The summed E-state index contributed by atoms with van der Waals surface area (Å²) in [6.07, 6.45) is 7.80. The number of anilines is 1. The number of rotatable bonds is 6. The van der Waals surface area contributed by atoms with Crippen LogP contribution in [0.3, 0.4) is 0 Å². The van der Waals surface area contributed by atoms with E-state index >= 15 is 0 Å². The molecular formula is C21H30N2O3. The van der Waals surface area contributed by atoms with Gasteiger partial charge in [0.1, 0.15) is 5.75 Å². The Kier molecular flexibility index (Phi) is 6.53. The van der Waals surface area contributed by atoms with E-state index in [0.29, 0.717) is 18.4 Å². The van der Waals surface area contributed by atoms with E-state index in [0.717, 1.165) is 44.2 Å². The van der Waals surface area contributed by atoms with Crippen LogP contribution in [0.15, 0.2) is 24.3 Å². The Labute approximate surface area is 155 Å². The van der Waals surface area contributed by atoms with Gasteiger partial charge in [-0.2, -0.15) is 0 Å². The van der Waals surface area contributed by atoms with E-state index in [1.54, 1.807) is 0 Å². The van der Waals surface area contributed by atoms with Crippen LogP contribution in [0.4, 0.5) is 5.69 Å². The molecule has 1 aromatic carbocycles. The average molecular weight is 358 g/mol. The molecule has 2 saturated carbocycles. The minimum absolute atomic E-state index is 0.0276. The molecule has 2 aliphatic carbocycles. The minimum atomic E-state index is -0.0276. The van der Waals surface area contributed by atoms with Crippen LogP contribution in [0.5, 0.6) is 5.75 Å². The summed E-state index contributed by atoms with van der Waals surface area (Å²) >= 11 is 0. The third kappa shape index (κ3) is 4.77. The monoisotopic (exact) mass is 358 g/mol. The number of para-hydroxylation sites is 2. The predicted octanol–water partition coefficient (Wildman–Crippen LogP) is 3.89. The zero-order chi connectivity index (χ0) is 18.4. The molecule has 5 heteroatoms. The van der Waals surface area contributed by atoms with E-state index in [-0.39, 0.29) is 23.7 Å². The van der Waals surface area contributed by atoms with Crippen molar-refractivity contribution in [1.82, 2.24) is 5.32 Å². The lowest BCUT2D eigenvalue weighted by atomic mass is 9.81. The number of nitrogens with one attached hydrogen (secondary N) is 2. The fraction of sp³-hybridized carbons (Fsp3) is 0.619. The highest BCUT2D eigenvalue weighted by atomic mass is 16.5. The SMILES string of the molecule is CCOc1ccccc1NC(=O)C1CCC(C(=O)NC2CCCC2)CC1. The smallest absolute Gasteiger partial charge is 0.227 e. The molecule has 0 radical (unpaired) electrons. The van der Waals surface area contributed by atoms with Gasteiger partial charge in [0.15, 0.2) is 0 Å². The van der Waals surface area contributed by atoms with Gasteiger partial charge >= 0.3 is 0 Å². The van der Waals surface area contributed by atoms with Gasteiger partial charge < -0.3 is 15.4 Å². The predicted molar refractivity (Wildman–Crippen MR) is 102 cm³/mol. The number of ether oxygens (including phenoxy) is 1. The molecule has 0 saturated heterocycles. The minimum Gasteiger partial charge on any atom is -0.492 e. The Bertz CT molecular complexity index is 617. The summed E-state index contributed by atoms with van der Waals surface area (Å²) in [5.41, 5.74) is 0.723. The van der Waals surface area contributed by atoms with Crippen molar-refractivity contribution in [3.8, 4) is 5.75 Å². The molecule has 0 unspecified atom stereocenters. The fourth-order valence-electron chi connectivity index (χ4n) is 4.09.